The van der Waals surface area contributed by atoms with Crippen molar-refractivity contribution in [3.8, 4) is 0 Å². The van der Waals surface area contributed by atoms with Gasteiger partial charge in [0, 0.05) is 30.9 Å². The Bertz CT molecular complexity index is 491. The molecule has 0 bridgehead atoms. The first-order chi connectivity index (χ1) is 9.66. The van der Waals surface area contributed by atoms with Crippen LogP contribution >= 0.6 is 0 Å². The second-order valence-electron chi connectivity index (χ2n) is 7.55. The number of nitrogens with zero attached hydrogens (tertiary/aromatic N) is 2. The van der Waals surface area contributed by atoms with Gasteiger partial charge in [0.05, 0.1) is 12.2 Å². The van der Waals surface area contributed by atoms with Crippen molar-refractivity contribution in [1.29, 1.82) is 0 Å². The van der Waals surface area contributed by atoms with Gasteiger partial charge in [-0.3, -0.25) is 0 Å². The molecule has 1 aromatic rings. The lowest BCUT2D eigenvalue weighted by atomic mass is 10.1. The zero-order chi connectivity index (χ0) is 15.7. The summed E-state index contributed by atoms with van der Waals surface area (Å²) in [5, 5.41) is 3.52. The monoisotopic (exact) mass is 291 g/mol. The molecule has 21 heavy (non-hydrogen) atoms. The van der Waals surface area contributed by atoms with Crippen LogP contribution in [0, 0.1) is 6.92 Å². The van der Waals surface area contributed by atoms with E-state index in [0.29, 0.717) is 0 Å². The first-order valence-electron chi connectivity index (χ1n) is 7.77. The number of hydrogen-bond donors (Lipinski definition) is 1. The number of nitrogens with one attached hydrogen (secondary N) is 1. The molecule has 4 nitrogen and oxygen atoms in total. The van der Waals surface area contributed by atoms with Crippen LogP contribution in [0.25, 0.3) is 0 Å². The summed E-state index contributed by atoms with van der Waals surface area (Å²) in [5.74, 6) is 1.06. The van der Waals surface area contributed by atoms with Crippen LogP contribution in [-0.2, 0) is 11.3 Å². The van der Waals surface area contributed by atoms with Crippen molar-refractivity contribution in [2.24, 2.45) is 0 Å². The SMILES string of the molecule is Cc1nc(N2CCOC(C)(C)C2)ccc1CNC(C)(C)C. The van der Waals surface area contributed by atoms with Gasteiger partial charge < -0.3 is 15.0 Å². The summed E-state index contributed by atoms with van der Waals surface area (Å²) in [4.78, 5) is 7.11. The molecule has 0 aromatic carbocycles. The zero-order valence-electron chi connectivity index (χ0n) is 14.3. The number of rotatable bonds is 3. The second kappa shape index (κ2) is 5.93. The summed E-state index contributed by atoms with van der Waals surface area (Å²) in [6.45, 7) is 16.3. The highest BCUT2D eigenvalue weighted by Crippen LogP contribution is 2.22. The van der Waals surface area contributed by atoms with Crippen LogP contribution in [0.2, 0.25) is 0 Å². The van der Waals surface area contributed by atoms with Gasteiger partial charge in [-0.05, 0) is 53.2 Å². The predicted octanol–water partition coefficient (Wildman–Crippen LogP) is 2.89. The first-order valence-corrected chi connectivity index (χ1v) is 7.77. The average Bonchev–Trinajstić information content (AvgIpc) is 2.35. The van der Waals surface area contributed by atoms with Gasteiger partial charge >= 0.3 is 0 Å². The lowest BCUT2D eigenvalue weighted by Gasteiger charge is -2.39. The number of aryl methyl sites for hydroxylation is 1. The molecule has 118 valence electrons. The molecule has 0 spiro atoms. The summed E-state index contributed by atoms with van der Waals surface area (Å²) >= 11 is 0. The van der Waals surface area contributed by atoms with Gasteiger partial charge in [0.1, 0.15) is 5.82 Å². The van der Waals surface area contributed by atoms with Crippen LogP contribution in [0.3, 0.4) is 0 Å². The number of pyridine rings is 1. The van der Waals surface area contributed by atoms with E-state index < -0.39 is 0 Å². The highest BCUT2D eigenvalue weighted by molar-refractivity contribution is 5.42. The molecule has 1 aliphatic rings. The molecule has 2 rings (SSSR count). The lowest BCUT2D eigenvalue weighted by molar-refractivity contribution is -0.0279. The summed E-state index contributed by atoms with van der Waals surface area (Å²) in [5.41, 5.74) is 2.40. The number of hydrogen-bond acceptors (Lipinski definition) is 4. The van der Waals surface area contributed by atoms with E-state index in [2.05, 4.69) is 63.9 Å². The van der Waals surface area contributed by atoms with Gasteiger partial charge in [0.2, 0.25) is 0 Å². The quantitative estimate of drug-likeness (QED) is 0.929. The molecular weight excluding hydrogens is 262 g/mol. The minimum Gasteiger partial charge on any atom is -0.372 e. The van der Waals surface area contributed by atoms with Crippen molar-refractivity contribution in [3.63, 3.8) is 0 Å². The number of morpholine rings is 1. The maximum Gasteiger partial charge on any atom is 0.128 e. The Hall–Kier alpha value is -1.13. The minimum absolute atomic E-state index is 0.0969. The molecule has 0 saturated carbocycles. The standard InChI is InChI=1S/C17H29N3O/c1-13-14(11-18-16(2,3)4)7-8-15(19-13)20-9-10-21-17(5,6)12-20/h7-8,18H,9-12H2,1-6H3. The normalized spacial score (nSPS) is 18.9. The molecule has 0 unspecified atom stereocenters. The Morgan fingerprint density at radius 2 is 2.05 bits per heavy atom. The summed E-state index contributed by atoms with van der Waals surface area (Å²) < 4.78 is 5.77. The Kier molecular flexibility index (Phi) is 4.59. The fourth-order valence-corrected chi connectivity index (χ4v) is 2.51. The van der Waals surface area contributed by atoms with Gasteiger partial charge in [-0.1, -0.05) is 6.07 Å². The van der Waals surface area contributed by atoms with E-state index in [0.717, 1.165) is 37.8 Å². The van der Waals surface area contributed by atoms with Crippen molar-refractivity contribution in [3.05, 3.63) is 23.4 Å². The molecule has 0 atom stereocenters. The van der Waals surface area contributed by atoms with Crippen LogP contribution in [0.4, 0.5) is 5.82 Å². The van der Waals surface area contributed by atoms with Gasteiger partial charge in [0.25, 0.3) is 0 Å². The van der Waals surface area contributed by atoms with Gasteiger partial charge in [-0.25, -0.2) is 4.98 Å². The Morgan fingerprint density at radius 1 is 1.33 bits per heavy atom. The summed E-state index contributed by atoms with van der Waals surface area (Å²) in [6.07, 6.45) is 0. The third-order valence-corrected chi connectivity index (χ3v) is 3.74. The molecule has 1 fully saturated rings. The Labute approximate surface area is 128 Å². The largest absolute Gasteiger partial charge is 0.372 e. The molecule has 1 N–H and O–H groups in total. The average molecular weight is 291 g/mol. The van der Waals surface area contributed by atoms with E-state index in [1.807, 2.05) is 0 Å². The van der Waals surface area contributed by atoms with Crippen molar-refractivity contribution in [1.82, 2.24) is 10.3 Å². The van der Waals surface area contributed by atoms with E-state index in [1.54, 1.807) is 0 Å². The number of anilines is 1. The maximum atomic E-state index is 5.77. The predicted molar refractivity (Wildman–Crippen MR) is 87.8 cm³/mol. The van der Waals surface area contributed by atoms with Gasteiger partial charge in [-0.15, -0.1) is 0 Å². The molecule has 0 aliphatic carbocycles. The van der Waals surface area contributed by atoms with Crippen molar-refractivity contribution >= 4 is 5.82 Å². The molecule has 4 heteroatoms. The van der Waals surface area contributed by atoms with E-state index in [9.17, 15) is 0 Å². The highest BCUT2D eigenvalue weighted by atomic mass is 16.5. The maximum absolute atomic E-state index is 5.77. The fraction of sp³-hybridized carbons (Fsp3) is 0.706. The fourth-order valence-electron chi connectivity index (χ4n) is 2.51. The molecule has 1 aromatic heterocycles. The Morgan fingerprint density at radius 3 is 2.62 bits per heavy atom. The second-order valence-corrected chi connectivity index (χ2v) is 7.55. The van der Waals surface area contributed by atoms with E-state index in [-0.39, 0.29) is 11.1 Å². The van der Waals surface area contributed by atoms with Crippen LogP contribution in [-0.4, -0.2) is 35.8 Å². The van der Waals surface area contributed by atoms with Crippen LogP contribution in [0.1, 0.15) is 45.9 Å². The third kappa shape index (κ3) is 4.68. The van der Waals surface area contributed by atoms with Crippen molar-refractivity contribution in [2.75, 3.05) is 24.6 Å². The number of aromatic nitrogens is 1. The molecule has 0 radical (unpaired) electrons. The smallest absolute Gasteiger partial charge is 0.128 e. The van der Waals surface area contributed by atoms with Crippen LogP contribution in [0.15, 0.2) is 12.1 Å². The topological polar surface area (TPSA) is 37.4 Å². The Balaban J connectivity index is 2.08. The first kappa shape index (κ1) is 16.2. The minimum atomic E-state index is -0.0969. The third-order valence-electron chi connectivity index (χ3n) is 3.74. The number of ether oxygens (including phenoxy) is 1. The van der Waals surface area contributed by atoms with Crippen molar-refractivity contribution in [2.45, 2.75) is 59.2 Å². The molecular formula is C17H29N3O. The molecule has 1 aliphatic heterocycles. The van der Waals surface area contributed by atoms with E-state index in [1.165, 1.54) is 5.56 Å². The lowest BCUT2D eigenvalue weighted by Crippen LogP contribution is -2.48. The van der Waals surface area contributed by atoms with Gasteiger partial charge in [-0.2, -0.15) is 0 Å². The van der Waals surface area contributed by atoms with Gasteiger partial charge in [0.15, 0.2) is 0 Å². The summed E-state index contributed by atoms with van der Waals surface area (Å²) in [7, 11) is 0. The van der Waals surface area contributed by atoms with E-state index >= 15 is 0 Å². The van der Waals surface area contributed by atoms with Crippen molar-refractivity contribution < 1.29 is 4.74 Å². The van der Waals surface area contributed by atoms with Crippen LogP contribution in [0.5, 0.6) is 0 Å². The highest BCUT2D eigenvalue weighted by Gasteiger charge is 2.28. The van der Waals surface area contributed by atoms with E-state index in [4.69, 9.17) is 9.72 Å². The zero-order valence-corrected chi connectivity index (χ0v) is 14.3. The summed E-state index contributed by atoms with van der Waals surface area (Å²) in [6, 6.07) is 4.33. The molecule has 1 saturated heterocycles. The van der Waals surface area contributed by atoms with Crippen LogP contribution < -0.4 is 10.2 Å². The molecule has 0 amide bonds. The molecule has 2 heterocycles.